The zero-order valence-electron chi connectivity index (χ0n) is 18.4. The number of amides is 1. The number of aromatic nitrogens is 1. The molecule has 2 heterocycles. The maximum absolute atomic E-state index is 13.3. The van der Waals surface area contributed by atoms with Crippen LogP contribution in [0.5, 0.6) is 11.5 Å². The third kappa shape index (κ3) is 3.58. The van der Waals surface area contributed by atoms with Gasteiger partial charge in [-0.25, -0.2) is 4.98 Å². The number of ketones is 1. The average molecular weight is 473 g/mol. The first-order chi connectivity index (χ1) is 16.4. The first-order valence-corrected chi connectivity index (χ1v) is 11.3. The Kier molecular flexibility index (Phi) is 5.30. The number of rotatable bonds is 4. The van der Waals surface area contributed by atoms with Gasteiger partial charge in [0.1, 0.15) is 17.3 Å². The lowest BCUT2D eigenvalue weighted by molar-refractivity contribution is -0.132. The lowest BCUT2D eigenvalue weighted by atomic mass is 9.95. The smallest absolute Gasteiger partial charge is 0.301 e. The largest absolute Gasteiger partial charge is 0.508 e. The minimum atomic E-state index is -0.972. The number of phenols is 1. The van der Waals surface area contributed by atoms with Crippen LogP contribution in [0.1, 0.15) is 22.7 Å². The van der Waals surface area contributed by atoms with Gasteiger partial charge in [0, 0.05) is 5.56 Å². The molecule has 0 aliphatic carbocycles. The molecular formula is C26H20N2O5S. The average Bonchev–Trinajstić information content (AvgIpc) is 3.36. The predicted octanol–water partition coefficient (Wildman–Crippen LogP) is 4.95. The Hall–Kier alpha value is -4.17. The maximum Gasteiger partial charge on any atom is 0.301 e. The quantitative estimate of drug-likeness (QED) is 0.248. The summed E-state index contributed by atoms with van der Waals surface area (Å²) < 4.78 is 6.11. The molecule has 8 heteroatoms. The van der Waals surface area contributed by atoms with Gasteiger partial charge in [-0.3, -0.25) is 14.5 Å². The third-order valence-electron chi connectivity index (χ3n) is 5.71. The van der Waals surface area contributed by atoms with Gasteiger partial charge in [-0.05, 0) is 54.4 Å². The minimum absolute atomic E-state index is 0.0237. The number of phenolic OH excluding ortho intramolecular Hbond substituents is 1. The molecule has 3 aromatic carbocycles. The van der Waals surface area contributed by atoms with Crippen LogP contribution in [0, 0.1) is 6.92 Å². The molecule has 1 unspecified atom stereocenters. The fourth-order valence-electron chi connectivity index (χ4n) is 4.09. The van der Waals surface area contributed by atoms with Gasteiger partial charge in [0.25, 0.3) is 5.78 Å². The molecule has 1 saturated heterocycles. The van der Waals surface area contributed by atoms with E-state index in [0.717, 1.165) is 10.3 Å². The molecule has 34 heavy (non-hydrogen) atoms. The molecule has 2 N–H and O–H groups in total. The molecule has 0 radical (unpaired) electrons. The van der Waals surface area contributed by atoms with E-state index in [2.05, 4.69) is 4.98 Å². The fourth-order valence-corrected chi connectivity index (χ4v) is 5.18. The van der Waals surface area contributed by atoms with Crippen LogP contribution in [0.15, 0.2) is 72.3 Å². The van der Waals surface area contributed by atoms with Crippen LogP contribution >= 0.6 is 11.3 Å². The molecule has 1 atom stereocenters. The van der Waals surface area contributed by atoms with E-state index in [1.54, 1.807) is 36.4 Å². The number of aryl methyl sites for hydroxylation is 1. The van der Waals surface area contributed by atoms with E-state index in [9.17, 15) is 19.8 Å². The van der Waals surface area contributed by atoms with Gasteiger partial charge in [-0.1, -0.05) is 41.7 Å². The number of benzene rings is 3. The Morgan fingerprint density at radius 2 is 1.85 bits per heavy atom. The van der Waals surface area contributed by atoms with E-state index in [-0.39, 0.29) is 17.1 Å². The zero-order chi connectivity index (χ0) is 24.0. The van der Waals surface area contributed by atoms with E-state index in [4.69, 9.17) is 4.74 Å². The van der Waals surface area contributed by atoms with Crippen LogP contribution in [0.25, 0.3) is 16.0 Å². The number of Topliss-reactive ketones (excluding diaryl/α,β-unsaturated/α-hetero) is 1. The van der Waals surface area contributed by atoms with Gasteiger partial charge in [0.2, 0.25) is 0 Å². The SMILES string of the molecule is COc1cccc(C(O)=C2C(=O)C(=O)N(c3nc4ccc(C)cc4s3)C2c2cccc(O)c2)c1. The summed E-state index contributed by atoms with van der Waals surface area (Å²) >= 11 is 1.29. The Morgan fingerprint density at radius 3 is 2.62 bits per heavy atom. The summed E-state index contributed by atoms with van der Waals surface area (Å²) in [6.45, 7) is 1.96. The van der Waals surface area contributed by atoms with Crippen molar-refractivity contribution >= 4 is 44.1 Å². The van der Waals surface area contributed by atoms with Crippen LogP contribution < -0.4 is 9.64 Å². The first kappa shape index (κ1) is 21.7. The Labute approximate surface area is 199 Å². The topological polar surface area (TPSA) is 100.0 Å². The molecule has 1 aromatic heterocycles. The van der Waals surface area contributed by atoms with Crippen molar-refractivity contribution in [2.45, 2.75) is 13.0 Å². The molecule has 7 nitrogen and oxygen atoms in total. The van der Waals surface area contributed by atoms with Crippen LogP contribution in [0.4, 0.5) is 5.13 Å². The molecule has 0 spiro atoms. The number of aromatic hydroxyl groups is 1. The van der Waals surface area contributed by atoms with Crippen molar-refractivity contribution in [3.05, 3.63) is 89.0 Å². The molecule has 0 bridgehead atoms. The lowest BCUT2D eigenvalue weighted by Crippen LogP contribution is -2.29. The molecule has 1 fully saturated rings. The van der Waals surface area contributed by atoms with Gasteiger partial charge in [-0.15, -0.1) is 0 Å². The third-order valence-corrected chi connectivity index (χ3v) is 6.73. The normalized spacial score (nSPS) is 17.5. The zero-order valence-corrected chi connectivity index (χ0v) is 19.2. The van der Waals surface area contributed by atoms with Crippen LogP contribution in [0.3, 0.4) is 0 Å². The molecule has 1 amide bonds. The van der Waals surface area contributed by atoms with Crippen LogP contribution in [-0.4, -0.2) is 34.0 Å². The highest BCUT2D eigenvalue weighted by molar-refractivity contribution is 7.22. The maximum atomic E-state index is 13.3. The minimum Gasteiger partial charge on any atom is -0.508 e. The molecule has 0 saturated carbocycles. The number of anilines is 1. The van der Waals surface area contributed by atoms with E-state index < -0.39 is 17.7 Å². The summed E-state index contributed by atoms with van der Waals surface area (Å²) in [4.78, 5) is 32.5. The number of thiazole rings is 1. The summed E-state index contributed by atoms with van der Waals surface area (Å²) in [5, 5.41) is 21.7. The molecular weight excluding hydrogens is 452 g/mol. The Balaban J connectivity index is 1.74. The highest BCUT2D eigenvalue weighted by atomic mass is 32.1. The second-order valence-corrected chi connectivity index (χ2v) is 8.97. The van der Waals surface area contributed by atoms with Crippen LogP contribution in [0.2, 0.25) is 0 Å². The monoisotopic (exact) mass is 472 g/mol. The number of aliphatic hydroxyl groups excluding tert-OH is 1. The van der Waals surface area contributed by atoms with Crippen molar-refractivity contribution < 1.29 is 24.5 Å². The number of carbonyl (C=O) groups excluding carboxylic acids is 2. The van der Waals surface area contributed by atoms with Gasteiger partial charge in [-0.2, -0.15) is 0 Å². The summed E-state index contributed by atoms with van der Waals surface area (Å²) in [5.41, 5.74) is 2.48. The molecule has 1 aliphatic heterocycles. The predicted molar refractivity (Wildman–Crippen MR) is 130 cm³/mol. The second kappa shape index (κ2) is 8.31. The van der Waals surface area contributed by atoms with E-state index >= 15 is 0 Å². The summed E-state index contributed by atoms with van der Waals surface area (Å²) in [5.74, 6) is -1.49. The molecule has 5 rings (SSSR count). The second-order valence-electron chi connectivity index (χ2n) is 7.96. The standard InChI is InChI=1S/C26H20N2O5S/c1-14-9-10-19-20(11-14)34-26(27-19)28-22(15-5-3-7-17(29)12-15)21(24(31)25(28)32)23(30)16-6-4-8-18(13-16)33-2/h3-13,22,29-30H,1-2H3. The highest BCUT2D eigenvalue weighted by Crippen LogP contribution is 2.45. The van der Waals surface area contributed by atoms with Crippen LogP contribution in [-0.2, 0) is 9.59 Å². The van der Waals surface area contributed by atoms with E-state index in [1.807, 2.05) is 25.1 Å². The van der Waals surface area contributed by atoms with Crippen molar-refractivity contribution in [1.82, 2.24) is 4.98 Å². The number of nitrogens with zero attached hydrogens (tertiary/aromatic N) is 2. The number of fused-ring (bicyclic) bond motifs is 1. The summed E-state index contributed by atoms with van der Waals surface area (Å²) in [7, 11) is 1.50. The van der Waals surface area contributed by atoms with Crippen molar-refractivity contribution in [2.24, 2.45) is 0 Å². The fraction of sp³-hybridized carbons (Fsp3) is 0.115. The van der Waals surface area contributed by atoms with E-state index in [1.165, 1.54) is 35.5 Å². The number of carbonyl (C=O) groups is 2. The van der Waals surface area contributed by atoms with Gasteiger partial charge >= 0.3 is 5.91 Å². The van der Waals surface area contributed by atoms with Gasteiger partial charge in [0.15, 0.2) is 5.13 Å². The first-order valence-electron chi connectivity index (χ1n) is 10.5. The number of hydrogen-bond acceptors (Lipinski definition) is 7. The Morgan fingerprint density at radius 1 is 1.06 bits per heavy atom. The number of hydrogen-bond donors (Lipinski definition) is 2. The van der Waals surface area contributed by atoms with Crippen molar-refractivity contribution in [3.8, 4) is 11.5 Å². The number of methoxy groups -OCH3 is 1. The molecule has 170 valence electrons. The number of aliphatic hydroxyl groups is 1. The lowest BCUT2D eigenvalue weighted by Gasteiger charge is -2.23. The molecule has 1 aliphatic rings. The number of ether oxygens (including phenoxy) is 1. The van der Waals surface area contributed by atoms with Gasteiger partial charge < -0.3 is 14.9 Å². The van der Waals surface area contributed by atoms with Crippen molar-refractivity contribution in [2.75, 3.05) is 12.0 Å². The Bertz CT molecular complexity index is 1490. The van der Waals surface area contributed by atoms with Gasteiger partial charge in [0.05, 0.1) is 28.9 Å². The summed E-state index contributed by atoms with van der Waals surface area (Å²) in [6.07, 6.45) is 0. The summed E-state index contributed by atoms with van der Waals surface area (Å²) in [6, 6.07) is 17.7. The highest BCUT2D eigenvalue weighted by Gasteiger charge is 2.48. The molecule has 4 aromatic rings. The van der Waals surface area contributed by atoms with Crippen molar-refractivity contribution in [1.29, 1.82) is 0 Å². The van der Waals surface area contributed by atoms with Crippen molar-refractivity contribution in [3.63, 3.8) is 0 Å². The van der Waals surface area contributed by atoms with E-state index in [0.29, 0.717) is 27.5 Å².